The third-order valence-electron chi connectivity index (χ3n) is 3.62. The van der Waals surface area contributed by atoms with Crippen LogP contribution in [0.4, 0.5) is 0 Å². The summed E-state index contributed by atoms with van der Waals surface area (Å²) in [6, 6.07) is 4.44. The average Bonchev–Trinajstić information content (AvgIpc) is 2.22. The van der Waals surface area contributed by atoms with Crippen molar-refractivity contribution >= 4 is 0 Å². The Morgan fingerprint density at radius 3 is 2.00 bits per heavy atom. The van der Waals surface area contributed by atoms with Gasteiger partial charge >= 0.3 is 0 Å². The van der Waals surface area contributed by atoms with Gasteiger partial charge in [0.2, 0.25) is 0 Å². The van der Waals surface area contributed by atoms with E-state index in [-0.39, 0.29) is 11.0 Å². The zero-order valence-corrected chi connectivity index (χ0v) is 13.3. The summed E-state index contributed by atoms with van der Waals surface area (Å²) < 4.78 is 6.14. The molecule has 0 fully saturated rings. The van der Waals surface area contributed by atoms with Crippen LogP contribution in [0, 0.1) is 13.8 Å². The van der Waals surface area contributed by atoms with Crippen molar-refractivity contribution in [3.05, 3.63) is 28.8 Å². The Labute approximate surface area is 113 Å². The van der Waals surface area contributed by atoms with E-state index in [0.717, 1.165) is 12.2 Å². The second-order valence-electron chi connectivity index (χ2n) is 6.84. The lowest BCUT2D eigenvalue weighted by Gasteiger charge is -2.30. The number of benzene rings is 1. The zero-order chi connectivity index (χ0) is 14.1. The van der Waals surface area contributed by atoms with Crippen LogP contribution < -0.4 is 4.74 Å². The molecule has 1 rings (SSSR count). The quantitative estimate of drug-likeness (QED) is 0.717. The van der Waals surface area contributed by atoms with Gasteiger partial charge in [0, 0.05) is 0 Å². The Balaban J connectivity index is 3.32. The molecule has 0 aliphatic carbocycles. The number of hydrogen-bond donors (Lipinski definition) is 0. The highest BCUT2D eigenvalue weighted by atomic mass is 16.5. The third-order valence-corrected chi connectivity index (χ3v) is 3.62. The largest absolute Gasteiger partial charge is 0.488 e. The van der Waals surface area contributed by atoms with Gasteiger partial charge in [-0.05, 0) is 63.1 Å². The molecule has 0 unspecified atom stereocenters. The summed E-state index contributed by atoms with van der Waals surface area (Å²) in [5.74, 6) is 1.06. The lowest BCUT2D eigenvalue weighted by molar-refractivity contribution is 0.128. The molecule has 0 bridgehead atoms. The number of ether oxygens (including phenoxy) is 1. The SMILES string of the molecule is CCC(C)(C)c1ccc(C)c(OC(C)(C)C)c1C. The summed E-state index contributed by atoms with van der Waals surface area (Å²) in [5, 5.41) is 0. The van der Waals surface area contributed by atoms with Crippen molar-refractivity contribution in [2.45, 2.75) is 72.8 Å². The summed E-state index contributed by atoms with van der Waals surface area (Å²) in [7, 11) is 0. The predicted molar refractivity (Wildman–Crippen MR) is 79.6 cm³/mol. The molecule has 1 nitrogen and oxygen atoms in total. The molecule has 0 saturated heterocycles. The molecule has 1 aromatic carbocycles. The molecule has 0 aliphatic rings. The van der Waals surface area contributed by atoms with E-state index in [1.54, 1.807) is 0 Å². The number of rotatable bonds is 3. The third kappa shape index (κ3) is 3.28. The van der Waals surface area contributed by atoms with Crippen LogP contribution in [0.5, 0.6) is 5.75 Å². The van der Waals surface area contributed by atoms with Crippen molar-refractivity contribution in [3.8, 4) is 5.75 Å². The Morgan fingerprint density at radius 2 is 1.56 bits per heavy atom. The molecule has 0 spiro atoms. The van der Waals surface area contributed by atoms with E-state index in [0.29, 0.717) is 0 Å². The molecule has 0 amide bonds. The highest BCUT2D eigenvalue weighted by molar-refractivity contribution is 5.48. The van der Waals surface area contributed by atoms with Gasteiger partial charge < -0.3 is 4.74 Å². The van der Waals surface area contributed by atoms with Crippen molar-refractivity contribution in [2.75, 3.05) is 0 Å². The van der Waals surface area contributed by atoms with Crippen LogP contribution in [0.3, 0.4) is 0 Å². The Hall–Kier alpha value is -0.980. The molecular weight excluding hydrogens is 220 g/mol. The van der Waals surface area contributed by atoms with E-state index < -0.39 is 0 Å². The molecule has 1 heteroatoms. The normalized spacial score (nSPS) is 12.7. The molecule has 18 heavy (non-hydrogen) atoms. The first-order valence-corrected chi connectivity index (χ1v) is 6.88. The molecule has 0 radical (unpaired) electrons. The molecule has 0 saturated carbocycles. The molecule has 0 N–H and O–H groups in total. The van der Waals surface area contributed by atoms with E-state index in [2.05, 4.69) is 67.5 Å². The standard InChI is InChI=1S/C17H28O/c1-9-17(7,8)14-11-10-12(2)15(13(14)3)18-16(4,5)6/h10-11H,9H2,1-8H3. The van der Waals surface area contributed by atoms with E-state index >= 15 is 0 Å². The fraction of sp³-hybridized carbons (Fsp3) is 0.647. The van der Waals surface area contributed by atoms with Crippen LogP contribution >= 0.6 is 0 Å². The molecule has 1 aromatic rings. The Kier molecular flexibility index (Phi) is 4.15. The van der Waals surface area contributed by atoms with Gasteiger partial charge in [-0.2, -0.15) is 0 Å². The zero-order valence-electron chi connectivity index (χ0n) is 13.3. The second kappa shape index (κ2) is 4.95. The molecule has 102 valence electrons. The van der Waals surface area contributed by atoms with Gasteiger partial charge in [0.05, 0.1) is 0 Å². The van der Waals surface area contributed by atoms with Crippen molar-refractivity contribution in [1.29, 1.82) is 0 Å². The van der Waals surface area contributed by atoms with Gasteiger partial charge in [-0.25, -0.2) is 0 Å². The van der Waals surface area contributed by atoms with Crippen molar-refractivity contribution in [1.82, 2.24) is 0 Å². The van der Waals surface area contributed by atoms with E-state index in [1.165, 1.54) is 16.7 Å². The molecule has 0 atom stereocenters. The minimum atomic E-state index is -0.148. The van der Waals surface area contributed by atoms with Crippen LogP contribution in [0.15, 0.2) is 12.1 Å². The summed E-state index contributed by atoms with van der Waals surface area (Å²) in [6.45, 7) is 17.4. The van der Waals surface area contributed by atoms with Crippen molar-refractivity contribution in [2.24, 2.45) is 0 Å². The van der Waals surface area contributed by atoms with Crippen molar-refractivity contribution < 1.29 is 4.74 Å². The highest BCUT2D eigenvalue weighted by Gasteiger charge is 2.24. The smallest absolute Gasteiger partial charge is 0.126 e. The number of hydrogen-bond acceptors (Lipinski definition) is 1. The van der Waals surface area contributed by atoms with E-state index in [1.807, 2.05) is 0 Å². The Morgan fingerprint density at radius 1 is 1.00 bits per heavy atom. The van der Waals surface area contributed by atoms with Crippen LogP contribution in [0.25, 0.3) is 0 Å². The fourth-order valence-corrected chi connectivity index (χ4v) is 2.21. The van der Waals surface area contributed by atoms with Gasteiger partial charge in [-0.3, -0.25) is 0 Å². The van der Waals surface area contributed by atoms with E-state index in [4.69, 9.17) is 4.74 Å². The first-order valence-electron chi connectivity index (χ1n) is 6.88. The molecule has 0 aliphatic heterocycles. The molecular formula is C17H28O. The topological polar surface area (TPSA) is 9.23 Å². The maximum absolute atomic E-state index is 6.14. The minimum absolute atomic E-state index is 0.148. The van der Waals surface area contributed by atoms with Gasteiger partial charge in [-0.1, -0.05) is 32.9 Å². The second-order valence-corrected chi connectivity index (χ2v) is 6.84. The van der Waals surface area contributed by atoms with Crippen LogP contribution in [0.2, 0.25) is 0 Å². The maximum atomic E-state index is 6.14. The predicted octanol–water partition coefficient (Wildman–Crippen LogP) is 5.17. The first kappa shape index (κ1) is 15.1. The highest BCUT2D eigenvalue weighted by Crippen LogP contribution is 2.36. The lowest BCUT2D eigenvalue weighted by atomic mass is 9.79. The van der Waals surface area contributed by atoms with E-state index in [9.17, 15) is 0 Å². The monoisotopic (exact) mass is 248 g/mol. The first-order chi connectivity index (χ1) is 8.08. The molecule has 0 heterocycles. The average molecular weight is 248 g/mol. The Bertz CT molecular complexity index is 422. The minimum Gasteiger partial charge on any atom is -0.488 e. The van der Waals surface area contributed by atoms with Gasteiger partial charge in [0.1, 0.15) is 11.4 Å². The summed E-state index contributed by atoms with van der Waals surface area (Å²) >= 11 is 0. The van der Waals surface area contributed by atoms with Crippen LogP contribution in [-0.4, -0.2) is 5.60 Å². The summed E-state index contributed by atoms with van der Waals surface area (Å²) in [6.07, 6.45) is 1.13. The summed E-state index contributed by atoms with van der Waals surface area (Å²) in [4.78, 5) is 0. The van der Waals surface area contributed by atoms with Crippen LogP contribution in [0.1, 0.15) is 64.7 Å². The molecule has 0 aromatic heterocycles. The maximum Gasteiger partial charge on any atom is 0.126 e. The fourth-order valence-electron chi connectivity index (χ4n) is 2.21. The van der Waals surface area contributed by atoms with Gasteiger partial charge in [-0.15, -0.1) is 0 Å². The number of aryl methyl sites for hydroxylation is 1. The lowest BCUT2D eigenvalue weighted by Crippen LogP contribution is -2.25. The van der Waals surface area contributed by atoms with Gasteiger partial charge in [0.25, 0.3) is 0 Å². The van der Waals surface area contributed by atoms with Crippen molar-refractivity contribution in [3.63, 3.8) is 0 Å². The van der Waals surface area contributed by atoms with Crippen LogP contribution in [-0.2, 0) is 5.41 Å². The van der Waals surface area contributed by atoms with Gasteiger partial charge in [0.15, 0.2) is 0 Å². The summed E-state index contributed by atoms with van der Waals surface area (Å²) in [5.41, 5.74) is 3.96.